The zero-order chi connectivity index (χ0) is 5.11. The van der Waals surface area contributed by atoms with Crippen LogP contribution in [-0.4, -0.2) is 20.9 Å². The van der Waals surface area contributed by atoms with Gasteiger partial charge in [0.1, 0.15) is 0 Å². The van der Waals surface area contributed by atoms with Gasteiger partial charge in [0.25, 0.3) is 0 Å². The van der Waals surface area contributed by atoms with Crippen LogP contribution in [0.4, 0.5) is 0 Å². The Morgan fingerprint density at radius 3 is 2.86 bits per heavy atom. The van der Waals surface area contributed by atoms with E-state index in [4.69, 9.17) is 0 Å². The SMILES string of the molecule is CC1=C[N]C=C[Te]1. The van der Waals surface area contributed by atoms with Crippen LogP contribution in [0.25, 0.3) is 0 Å². The molecule has 37 valence electrons. The molecule has 0 unspecified atom stereocenters. The van der Waals surface area contributed by atoms with E-state index in [-0.39, 0.29) is 20.9 Å². The second kappa shape index (κ2) is 2.40. The maximum atomic E-state index is 3.95. The molecule has 0 aliphatic carbocycles. The molecular formula is C5H6NTe. The quantitative estimate of drug-likeness (QED) is 0.518. The molecule has 1 aliphatic heterocycles. The summed E-state index contributed by atoms with van der Waals surface area (Å²) in [6.45, 7) is 2.13. The third-order valence-corrected chi connectivity index (χ3v) is 2.75. The predicted molar refractivity (Wildman–Crippen MR) is 30.8 cm³/mol. The number of nitrogens with zero attached hydrogens (tertiary/aromatic N) is 1. The fourth-order valence-electron chi connectivity index (χ4n) is 0.351. The molecule has 0 spiro atoms. The second-order valence-electron chi connectivity index (χ2n) is 1.29. The topological polar surface area (TPSA) is 14.1 Å². The van der Waals surface area contributed by atoms with Crippen LogP contribution in [-0.2, 0) is 0 Å². The summed E-state index contributed by atoms with van der Waals surface area (Å²) in [5.74, 6) is 0. The van der Waals surface area contributed by atoms with Crippen molar-refractivity contribution in [1.29, 1.82) is 0 Å². The molecule has 7 heavy (non-hydrogen) atoms. The monoisotopic (exact) mass is 210 g/mol. The van der Waals surface area contributed by atoms with Gasteiger partial charge < -0.3 is 0 Å². The summed E-state index contributed by atoms with van der Waals surface area (Å²) < 4.78 is 3.65. The molecule has 2 heteroatoms. The standard InChI is InChI=1S/C5H6NTe/c1-5-4-6-2-3-7-5/h2-4H,1H3. The maximum absolute atomic E-state index is 3.95. The van der Waals surface area contributed by atoms with Crippen molar-refractivity contribution in [1.82, 2.24) is 5.32 Å². The Morgan fingerprint density at radius 2 is 2.57 bits per heavy atom. The Kier molecular flexibility index (Phi) is 1.78. The molecule has 0 bridgehead atoms. The normalized spacial score (nSPS) is 18.1. The molecule has 1 heterocycles. The van der Waals surface area contributed by atoms with Gasteiger partial charge in [-0.05, 0) is 0 Å². The first-order valence-corrected chi connectivity index (χ1v) is 4.59. The Balaban J connectivity index is 2.50. The third-order valence-electron chi connectivity index (χ3n) is 0.657. The van der Waals surface area contributed by atoms with Crippen molar-refractivity contribution < 1.29 is 0 Å². The van der Waals surface area contributed by atoms with E-state index in [1.807, 2.05) is 12.4 Å². The molecule has 0 saturated heterocycles. The fourth-order valence-corrected chi connectivity index (χ4v) is 1.69. The molecule has 0 amide bonds. The van der Waals surface area contributed by atoms with Crippen LogP contribution in [0.15, 0.2) is 20.1 Å². The van der Waals surface area contributed by atoms with Crippen molar-refractivity contribution in [3.8, 4) is 0 Å². The van der Waals surface area contributed by atoms with E-state index in [0.29, 0.717) is 0 Å². The van der Waals surface area contributed by atoms with Crippen LogP contribution in [0.5, 0.6) is 0 Å². The minimum absolute atomic E-state index is 0.0871. The van der Waals surface area contributed by atoms with Crippen molar-refractivity contribution >= 4 is 20.9 Å². The molecule has 1 nitrogen and oxygen atoms in total. The number of hydrogen-bond donors (Lipinski definition) is 0. The van der Waals surface area contributed by atoms with Crippen LogP contribution in [0.3, 0.4) is 0 Å². The summed E-state index contributed by atoms with van der Waals surface area (Å²) in [5.41, 5.74) is 0. The van der Waals surface area contributed by atoms with Crippen molar-refractivity contribution in [2.75, 3.05) is 0 Å². The van der Waals surface area contributed by atoms with Crippen LogP contribution in [0.2, 0.25) is 0 Å². The summed E-state index contributed by atoms with van der Waals surface area (Å²) in [4.78, 5) is 0. The molecule has 0 aromatic carbocycles. The zero-order valence-corrected chi connectivity index (χ0v) is 6.42. The molecule has 1 rings (SSSR count). The summed E-state index contributed by atoms with van der Waals surface area (Å²) in [5, 5.41) is 3.95. The van der Waals surface area contributed by atoms with E-state index in [0.717, 1.165) is 0 Å². The van der Waals surface area contributed by atoms with Crippen LogP contribution >= 0.6 is 0 Å². The Morgan fingerprint density at radius 1 is 1.71 bits per heavy atom. The number of allylic oxidation sites excluding steroid dienone is 1. The summed E-state index contributed by atoms with van der Waals surface area (Å²) in [7, 11) is 0. The van der Waals surface area contributed by atoms with E-state index < -0.39 is 0 Å². The average Bonchev–Trinajstić information content (AvgIpc) is 1.69. The Labute approximate surface area is 53.6 Å². The van der Waals surface area contributed by atoms with Crippen LogP contribution in [0, 0.1) is 0 Å². The first kappa shape index (κ1) is 5.21. The van der Waals surface area contributed by atoms with E-state index in [2.05, 4.69) is 16.4 Å². The van der Waals surface area contributed by atoms with Gasteiger partial charge >= 0.3 is 53.3 Å². The molecule has 0 atom stereocenters. The van der Waals surface area contributed by atoms with Crippen LogP contribution < -0.4 is 5.32 Å². The average molecular weight is 208 g/mol. The summed E-state index contributed by atoms with van der Waals surface area (Å²) in [6, 6.07) is 0. The van der Waals surface area contributed by atoms with Crippen molar-refractivity contribution in [3.63, 3.8) is 0 Å². The van der Waals surface area contributed by atoms with Crippen molar-refractivity contribution in [2.24, 2.45) is 0 Å². The minimum atomic E-state index is 0.0871. The van der Waals surface area contributed by atoms with Gasteiger partial charge in [0.05, 0.1) is 0 Å². The van der Waals surface area contributed by atoms with Gasteiger partial charge in [0, 0.05) is 0 Å². The van der Waals surface area contributed by atoms with E-state index in [1.54, 1.807) is 0 Å². The first-order chi connectivity index (χ1) is 3.39. The van der Waals surface area contributed by atoms with Gasteiger partial charge in [0.2, 0.25) is 0 Å². The van der Waals surface area contributed by atoms with Crippen LogP contribution in [0.1, 0.15) is 6.92 Å². The summed E-state index contributed by atoms with van der Waals surface area (Å²) >= 11 is 0.0871. The van der Waals surface area contributed by atoms with Crippen molar-refractivity contribution in [2.45, 2.75) is 6.92 Å². The number of rotatable bonds is 0. The van der Waals surface area contributed by atoms with Gasteiger partial charge in [-0.1, -0.05) is 0 Å². The fraction of sp³-hybridized carbons (Fsp3) is 0.200. The molecule has 1 radical (unpaired) electrons. The first-order valence-electron chi connectivity index (χ1n) is 2.08. The van der Waals surface area contributed by atoms with Gasteiger partial charge in [-0.2, -0.15) is 0 Å². The van der Waals surface area contributed by atoms with Gasteiger partial charge in [0.15, 0.2) is 0 Å². The van der Waals surface area contributed by atoms with E-state index in [1.165, 1.54) is 3.62 Å². The summed E-state index contributed by atoms with van der Waals surface area (Å²) in [6.07, 6.45) is 3.83. The van der Waals surface area contributed by atoms with Gasteiger partial charge in [-0.25, -0.2) is 0 Å². The Hall–Kier alpha value is 0.0696. The molecule has 0 N–H and O–H groups in total. The van der Waals surface area contributed by atoms with E-state index in [9.17, 15) is 0 Å². The van der Waals surface area contributed by atoms with Gasteiger partial charge in [-0.3, -0.25) is 0 Å². The van der Waals surface area contributed by atoms with Crippen molar-refractivity contribution in [3.05, 3.63) is 20.1 Å². The second-order valence-corrected chi connectivity index (χ2v) is 4.58. The molecule has 0 aromatic heterocycles. The molecule has 0 saturated carbocycles. The molecule has 0 aromatic rings. The third kappa shape index (κ3) is 1.54. The number of hydrogen-bond acceptors (Lipinski definition) is 0. The molecule has 1 aliphatic rings. The Bertz CT molecular complexity index is 115. The molecule has 0 fully saturated rings. The zero-order valence-electron chi connectivity index (χ0n) is 4.09. The predicted octanol–water partition coefficient (Wildman–Crippen LogP) is 0.641. The van der Waals surface area contributed by atoms with E-state index >= 15 is 0 Å². The van der Waals surface area contributed by atoms with Gasteiger partial charge in [-0.15, -0.1) is 0 Å². The molecular weight excluding hydrogens is 202 g/mol.